The van der Waals surface area contributed by atoms with Crippen LogP contribution in [0.3, 0.4) is 0 Å². The summed E-state index contributed by atoms with van der Waals surface area (Å²) in [5.41, 5.74) is 4.17. The normalized spacial score (nSPS) is 17.1. The molecule has 0 atom stereocenters. The van der Waals surface area contributed by atoms with Crippen LogP contribution in [0.15, 0.2) is 24.3 Å². The van der Waals surface area contributed by atoms with Crippen LogP contribution in [0.2, 0.25) is 0 Å². The Morgan fingerprint density at radius 3 is 2.73 bits per heavy atom. The summed E-state index contributed by atoms with van der Waals surface area (Å²) in [6, 6.07) is 7.92. The summed E-state index contributed by atoms with van der Waals surface area (Å²) in [4.78, 5) is 0. The molecular formula is C13H14N2. The molecule has 0 bridgehead atoms. The van der Waals surface area contributed by atoms with E-state index in [1.807, 2.05) is 18.2 Å². The van der Waals surface area contributed by atoms with E-state index < -0.39 is 0 Å². The second kappa shape index (κ2) is 3.13. The van der Waals surface area contributed by atoms with Crippen molar-refractivity contribution >= 4 is 11.3 Å². The molecule has 1 aliphatic heterocycles. The maximum Gasteiger partial charge on any atom is 0.0991 e. The molecule has 0 aromatic heterocycles. The van der Waals surface area contributed by atoms with E-state index >= 15 is 0 Å². The number of nitriles is 1. The van der Waals surface area contributed by atoms with Gasteiger partial charge in [0.1, 0.15) is 0 Å². The van der Waals surface area contributed by atoms with Crippen LogP contribution >= 0.6 is 0 Å². The molecule has 1 N–H and O–H groups in total. The quantitative estimate of drug-likeness (QED) is 0.695. The predicted molar refractivity (Wildman–Crippen MR) is 62.5 cm³/mol. The monoisotopic (exact) mass is 198 g/mol. The number of rotatable bonds is 0. The average Bonchev–Trinajstić information content (AvgIpc) is 2.15. The molecule has 2 nitrogen and oxygen atoms in total. The summed E-state index contributed by atoms with van der Waals surface area (Å²) in [6.45, 7) is 6.36. The van der Waals surface area contributed by atoms with Crippen LogP contribution in [-0.4, -0.2) is 5.54 Å². The molecule has 76 valence electrons. The lowest BCUT2D eigenvalue weighted by Gasteiger charge is -2.31. The van der Waals surface area contributed by atoms with E-state index in [4.69, 9.17) is 5.26 Å². The third-order valence-corrected chi connectivity index (χ3v) is 2.61. The highest BCUT2D eigenvalue weighted by atomic mass is 15.0. The molecule has 1 aromatic rings. The molecule has 1 aliphatic rings. The lowest BCUT2D eigenvalue weighted by Crippen LogP contribution is -2.31. The second-order valence-electron chi connectivity index (χ2n) is 4.55. The van der Waals surface area contributed by atoms with Gasteiger partial charge in [-0.1, -0.05) is 6.08 Å². The van der Waals surface area contributed by atoms with Gasteiger partial charge in [0, 0.05) is 11.3 Å². The summed E-state index contributed by atoms with van der Waals surface area (Å²) in [5, 5.41) is 12.3. The number of benzene rings is 1. The Balaban J connectivity index is 2.57. The molecule has 1 heterocycles. The maximum atomic E-state index is 8.84. The van der Waals surface area contributed by atoms with E-state index in [0.717, 1.165) is 11.3 Å². The summed E-state index contributed by atoms with van der Waals surface area (Å²) < 4.78 is 0. The summed E-state index contributed by atoms with van der Waals surface area (Å²) in [7, 11) is 0. The Labute approximate surface area is 90.2 Å². The highest BCUT2D eigenvalue weighted by molar-refractivity contribution is 5.80. The zero-order valence-electron chi connectivity index (χ0n) is 9.26. The van der Waals surface area contributed by atoms with Gasteiger partial charge in [-0.3, -0.25) is 0 Å². The number of nitrogens with zero attached hydrogens (tertiary/aromatic N) is 1. The van der Waals surface area contributed by atoms with Crippen molar-refractivity contribution in [3.63, 3.8) is 0 Å². The third-order valence-electron chi connectivity index (χ3n) is 2.61. The van der Waals surface area contributed by atoms with Crippen molar-refractivity contribution in [1.29, 1.82) is 5.26 Å². The molecule has 2 rings (SSSR count). The van der Waals surface area contributed by atoms with Crippen molar-refractivity contribution in [2.24, 2.45) is 0 Å². The van der Waals surface area contributed by atoms with Crippen LogP contribution in [0.25, 0.3) is 5.57 Å². The fourth-order valence-electron chi connectivity index (χ4n) is 2.05. The molecule has 2 heteroatoms. The van der Waals surface area contributed by atoms with Crippen molar-refractivity contribution in [2.75, 3.05) is 5.32 Å². The maximum absolute atomic E-state index is 8.84. The van der Waals surface area contributed by atoms with Gasteiger partial charge in [0.05, 0.1) is 17.2 Å². The van der Waals surface area contributed by atoms with Crippen molar-refractivity contribution in [3.05, 3.63) is 35.4 Å². The van der Waals surface area contributed by atoms with Crippen LogP contribution in [0, 0.1) is 11.3 Å². The molecule has 0 fully saturated rings. The summed E-state index contributed by atoms with van der Waals surface area (Å²) >= 11 is 0. The summed E-state index contributed by atoms with van der Waals surface area (Å²) in [5.74, 6) is 0. The molecule has 0 radical (unpaired) electrons. The highest BCUT2D eigenvalue weighted by Crippen LogP contribution is 2.33. The smallest absolute Gasteiger partial charge is 0.0991 e. The molecule has 0 amide bonds. The van der Waals surface area contributed by atoms with E-state index in [9.17, 15) is 0 Å². The lowest BCUT2D eigenvalue weighted by molar-refractivity contribution is 0.707. The SMILES string of the molecule is CC1=CC(C)(C)Nc2ccc(C#N)cc21. The van der Waals surface area contributed by atoms with Gasteiger partial charge in [-0.25, -0.2) is 0 Å². The second-order valence-corrected chi connectivity index (χ2v) is 4.55. The largest absolute Gasteiger partial charge is 0.376 e. The van der Waals surface area contributed by atoms with Gasteiger partial charge in [0.15, 0.2) is 0 Å². The van der Waals surface area contributed by atoms with Crippen LogP contribution in [0.5, 0.6) is 0 Å². The Hall–Kier alpha value is -1.75. The molecule has 0 saturated carbocycles. The van der Waals surface area contributed by atoms with E-state index in [1.165, 1.54) is 5.57 Å². The van der Waals surface area contributed by atoms with Crippen LogP contribution in [-0.2, 0) is 0 Å². The zero-order chi connectivity index (χ0) is 11.1. The first-order chi connectivity index (χ1) is 7.02. The van der Waals surface area contributed by atoms with Crippen molar-refractivity contribution in [2.45, 2.75) is 26.3 Å². The molecule has 1 aromatic carbocycles. The Bertz CT molecular complexity index is 476. The van der Waals surface area contributed by atoms with E-state index in [2.05, 4.69) is 38.2 Å². The van der Waals surface area contributed by atoms with Gasteiger partial charge >= 0.3 is 0 Å². The molecule has 0 aliphatic carbocycles. The predicted octanol–water partition coefficient (Wildman–Crippen LogP) is 3.17. The van der Waals surface area contributed by atoms with E-state index in [1.54, 1.807) is 0 Å². The fourth-order valence-corrected chi connectivity index (χ4v) is 2.05. The van der Waals surface area contributed by atoms with Gasteiger partial charge in [0.25, 0.3) is 0 Å². The Morgan fingerprint density at radius 2 is 2.07 bits per heavy atom. The topological polar surface area (TPSA) is 35.8 Å². The molecule has 15 heavy (non-hydrogen) atoms. The third kappa shape index (κ3) is 1.73. The van der Waals surface area contributed by atoms with Gasteiger partial charge < -0.3 is 5.32 Å². The average molecular weight is 198 g/mol. The number of nitrogens with one attached hydrogen (secondary N) is 1. The Morgan fingerprint density at radius 1 is 1.33 bits per heavy atom. The standard InChI is InChI=1S/C13H14N2/c1-9-7-13(2,3)15-12-5-4-10(8-14)6-11(9)12/h4-7,15H,1-3H3. The van der Waals surface area contributed by atoms with Crippen molar-refractivity contribution in [1.82, 2.24) is 0 Å². The first-order valence-electron chi connectivity index (χ1n) is 5.04. The number of anilines is 1. The van der Waals surface area contributed by atoms with Crippen LogP contribution in [0.1, 0.15) is 31.9 Å². The molecule has 0 spiro atoms. The van der Waals surface area contributed by atoms with Gasteiger partial charge in [0.2, 0.25) is 0 Å². The first-order valence-corrected chi connectivity index (χ1v) is 5.04. The van der Waals surface area contributed by atoms with Gasteiger partial charge in [-0.2, -0.15) is 5.26 Å². The van der Waals surface area contributed by atoms with Gasteiger partial charge in [-0.15, -0.1) is 0 Å². The van der Waals surface area contributed by atoms with Crippen molar-refractivity contribution < 1.29 is 0 Å². The summed E-state index contributed by atoms with van der Waals surface area (Å²) in [6.07, 6.45) is 2.19. The lowest BCUT2D eigenvalue weighted by atomic mass is 9.90. The molecule has 0 unspecified atom stereocenters. The minimum atomic E-state index is -0.00869. The van der Waals surface area contributed by atoms with Crippen molar-refractivity contribution in [3.8, 4) is 6.07 Å². The first kappa shape index (κ1) is 9.79. The number of allylic oxidation sites excluding steroid dienone is 1. The molecule has 0 saturated heterocycles. The minimum Gasteiger partial charge on any atom is -0.376 e. The van der Waals surface area contributed by atoms with E-state index in [0.29, 0.717) is 5.56 Å². The Kier molecular flexibility index (Phi) is 2.04. The number of hydrogen-bond acceptors (Lipinski definition) is 2. The van der Waals surface area contributed by atoms with Gasteiger partial charge in [-0.05, 0) is 44.5 Å². The number of fused-ring (bicyclic) bond motifs is 1. The number of hydrogen-bond donors (Lipinski definition) is 1. The zero-order valence-corrected chi connectivity index (χ0v) is 9.26. The molecular weight excluding hydrogens is 184 g/mol. The highest BCUT2D eigenvalue weighted by Gasteiger charge is 2.22. The van der Waals surface area contributed by atoms with Crippen LogP contribution < -0.4 is 5.32 Å². The fraction of sp³-hybridized carbons (Fsp3) is 0.308. The minimum absolute atomic E-state index is 0.00869. The van der Waals surface area contributed by atoms with E-state index in [-0.39, 0.29) is 5.54 Å². The van der Waals surface area contributed by atoms with Crippen LogP contribution in [0.4, 0.5) is 5.69 Å².